The number of anilines is 1. The predicted molar refractivity (Wildman–Crippen MR) is 113 cm³/mol. The number of hydrogen-bond donors (Lipinski definition) is 0. The number of fused-ring (bicyclic) bond motifs is 1. The normalized spacial score (nSPS) is 14.3. The fraction of sp³-hybridized carbons (Fsp3) is 0.250. The van der Waals surface area contributed by atoms with Gasteiger partial charge in [-0.05, 0) is 36.4 Å². The first-order valence-electron chi connectivity index (χ1n) is 8.82. The van der Waals surface area contributed by atoms with Crippen LogP contribution in [0.1, 0.15) is 10.4 Å². The van der Waals surface area contributed by atoms with Gasteiger partial charge in [-0.2, -0.15) is 11.8 Å². The largest absolute Gasteiger partial charge is 0.465 e. The average Bonchev–Trinajstić information content (AvgIpc) is 2.73. The smallest absolute Gasteiger partial charge is 0.337 e. The molecule has 2 heterocycles. The van der Waals surface area contributed by atoms with E-state index >= 15 is 0 Å². The van der Waals surface area contributed by atoms with Crippen LogP contribution in [0.5, 0.6) is 0 Å². The molecule has 4 rings (SSSR count). The van der Waals surface area contributed by atoms with Gasteiger partial charge < -0.3 is 9.64 Å². The number of carbonyl (C=O) groups excluding carboxylic acids is 1. The molecule has 0 aliphatic carbocycles. The van der Waals surface area contributed by atoms with Crippen LogP contribution in [0.3, 0.4) is 0 Å². The lowest BCUT2D eigenvalue weighted by molar-refractivity contribution is 0.0601. The van der Waals surface area contributed by atoms with E-state index in [1.54, 1.807) is 34.9 Å². The van der Waals surface area contributed by atoms with Crippen molar-refractivity contribution in [2.24, 2.45) is 0 Å². The van der Waals surface area contributed by atoms with E-state index in [9.17, 15) is 9.59 Å². The lowest BCUT2D eigenvalue weighted by atomic mass is 10.1. The van der Waals surface area contributed by atoms with Gasteiger partial charge in [-0.25, -0.2) is 14.3 Å². The summed E-state index contributed by atoms with van der Waals surface area (Å²) in [5.41, 5.74) is 1.30. The minimum atomic E-state index is -0.460. The minimum Gasteiger partial charge on any atom is -0.465 e. The van der Waals surface area contributed by atoms with Gasteiger partial charge in [0.1, 0.15) is 0 Å². The molecule has 0 amide bonds. The third-order valence-electron chi connectivity index (χ3n) is 4.63. The van der Waals surface area contributed by atoms with E-state index in [2.05, 4.69) is 4.90 Å². The van der Waals surface area contributed by atoms with Gasteiger partial charge in [0.05, 0.1) is 29.3 Å². The second kappa shape index (κ2) is 7.85. The Morgan fingerprint density at radius 3 is 2.68 bits per heavy atom. The van der Waals surface area contributed by atoms with Crippen molar-refractivity contribution < 1.29 is 9.53 Å². The Morgan fingerprint density at radius 1 is 1.18 bits per heavy atom. The molecule has 3 aromatic rings. The van der Waals surface area contributed by atoms with Crippen molar-refractivity contribution in [3.8, 4) is 5.69 Å². The van der Waals surface area contributed by atoms with E-state index in [1.165, 1.54) is 7.11 Å². The second-order valence-corrected chi connectivity index (χ2v) is 8.02. The van der Waals surface area contributed by atoms with Gasteiger partial charge >= 0.3 is 5.97 Å². The third-order valence-corrected chi connectivity index (χ3v) is 5.81. The van der Waals surface area contributed by atoms with Crippen molar-refractivity contribution in [3.63, 3.8) is 0 Å². The van der Waals surface area contributed by atoms with E-state index in [-0.39, 0.29) is 5.56 Å². The first kappa shape index (κ1) is 18.8. The van der Waals surface area contributed by atoms with Crippen molar-refractivity contribution in [2.75, 3.05) is 36.6 Å². The maximum atomic E-state index is 13.4. The van der Waals surface area contributed by atoms with Crippen LogP contribution in [-0.4, -0.2) is 47.2 Å². The lowest BCUT2D eigenvalue weighted by Gasteiger charge is -2.29. The highest BCUT2D eigenvalue weighted by Gasteiger charge is 2.21. The number of benzene rings is 2. The Balaban J connectivity index is 1.98. The van der Waals surface area contributed by atoms with E-state index in [1.807, 2.05) is 23.9 Å². The lowest BCUT2D eigenvalue weighted by Crippen LogP contribution is -2.38. The minimum absolute atomic E-state index is 0.197. The van der Waals surface area contributed by atoms with Gasteiger partial charge in [0.15, 0.2) is 0 Å². The molecule has 0 saturated carbocycles. The molecule has 6 nitrogen and oxygen atoms in total. The summed E-state index contributed by atoms with van der Waals surface area (Å²) in [6, 6.07) is 12.0. The highest BCUT2D eigenvalue weighted by Crippen LogP contribution is 2.24. The zero-order chi connectivity index (χ0) is 19.7. The van der Waals surface area contributed by atoms with Crippen molar-refractivity contribution in [3.05, 3.63) is 63.4 Å². The van der Waals surface area contributed by atoms with Crippen LogP contribution in [0, 0.1) is 0 Å². The molecule has 0 atom stereocenters. The summed E-state index contributed by atoms with van der Waals surface area (Å²) in [5.74, 6) is 2.03. The summed E-state index contributed by atoms with van der Waals surface area (Å²) >= 11 is 8.05. The zero-order valence-corrected chi connectivity index (χ0v) is 16.8. The Hall–Kier alpha value is -2.51. The molecule has 2 aromatic carbocycles. The summed E-state index contributed by atoms with van der Waals surface area (Å²) in [6.07, 6.45) is 0. The molecule has 8 heteroatoms. The molecule has 1 aliphatic heterocycles. The summed E-state index contributed by atoms with van der Waals surface area (Å²) in [5, 5.41) is 0.980. The zero-order valence-electron chi connectivity index (χ0n) is 15.2. The van der Waals surface area contributed by atoms with E-state index in [0.717, 1.165) is 24.6 Å². The van der Waals surface area contributed by atoms with Crippen LogP contribution < -0.4 is 10.5 Å². The number of esters is 1. The molecule has 1 fully saturated rings. The third kappa shape index (κ3) is 3.47. The molecular weight excluding hydrogens is 398 g/mol. The summed E-state index contributed by atoms with van der Waals surface area (Å²) < 4.78 is 6.39. The molecule has 1 aliphatic rings. The topological polar surface area (TPSA) is 64.4 Å². The highest BCUT2D eigenvalue weighted by atomic mass is 35.5. The molecule has 0 spiro atoms. The SMILES string of the molecule is COC(=O)c1ccc2c(=O)n(-c3cccc(Cl)c3)c(N3CCSCC3)nc2c1. The summed E-state index contributed by atoms with van der Waals surface area (Å²) in [7, 11) is 1.33. The molecule has 0 bridgehead atoms. The predicted octanol–water partition coefficient (Wildman–Crippen LogP) is 3.38. The van der Waals surface area contributed by atoms with Crippen molar-refractivity contribution in [1.29, 1.82) is 0 Å². The van der Waals surface area contributed by atoms with Gasteiger partial charge in [0, 0.05) is 29.6 Å². The first-order valence-corrected chi connectivity index (χ1v) is 10.4. The fourth-order valence-corrected chi connectivity index (χ4v) is 4.33. The molecule has 0 radical (unpaired) electrons. The number of thioether (sulfide) groups is 1. The highest BCUT2D eigenvalue weighted by molar-refractivity contribution is 7.99. The Labute approximate surface area is 171 Å². The molecule has 0 N–H and O–H groups in total. The van der Waals surface area contributed by atoms with Crippen LogP contribution in [0.25, 0.3) is 16.6 Å². The van der Waals surface area contributed by atoms with Gasteiger partial charge in [-0.15, -0.1) is 0 Å². The van der Waals surface area contributed by atoms with Crippen molar-refractivity contribution >= 4 is 46.2 Å². The monoisotopic (exact) mass is 415 g/mol. The Kier molecular flexibility index (Phi) is 5.28. The van der Waals surface area contributed by atoms with Crippen LogP contribution in [-0.2, 0) is 4.74 Å². The summed E-state index contributed by atoms with van der Waals surface area (Å²) in [4.78, 5) is 32.2. The molecule has 1 saturated heterocycles. The van der Waals surface area contributed by atoms with Gasteiger partial charge in [0.2, 0.25) is 5.95 Å². The fourth-order valence-electron chi connectivity index (χ4n) is 3.24. The Morgan fingerprint density at radius 2 is 1.96 bits per heavy atom. The van der Waals surface area contributed by atoms with Crippen molar-refractivity contribution in [2.45, 2.75) is 0 Å². The van der Waals surface area contributed by atoms with Gasteiger partial charge in [-0.3, -0.25) is 4.79 Å². The van der Waals surface area contributed by atoms with Gasteiger partial charge in [0.25, 0.3) is 5.56 Å². The van der Waals surface area contributed by atoms with Gasteiger partial charge in [-0.1, -0.05) is 17.7 Å². The molecule has 28 heavy (non-hydrogen) atoms. The second-order valence-electron chi connectivity index (χ2n) is 6.36. The summed E-state index contributed by atoms with van der Waals surface area (Å²) in [6.45, 7) is 1.58. The number of carbonyl (C=O) groups is 1. The van der Waals surface area contributed by atoms with E-state index in [0.29, 0.717) is 33.1 Å². The number of rotatable bonds is 3. The molecule has 0 unspecified atom stereocenters. The first-order chi connectivity index (χ1) is 13.6. The Bertz CT molecular complexity index is 1110. The van der Waals surface area contributed by atoms with E-state index < -0.39 is 5.97 Å². The standard InChI is InChI=1S/C20H18ClN3O3S/c1-27-19(26)13-5-6-16-17(11-13)22-20(23-7-9-28-10-8-23)24(18(16)25)15-4-2-3-14(21)12-15/h2-6,11-12H,7-10H2,1H3. The quantitative estimate of drug-likeness (QED) is 0.611. The van der Waals surface area contributed by atoms with E-state index in [4.69, 9.17) is 21.3 Å². The van der Waals surface area contributed by atoms with Crippen LogP contribution >= 0.6 is 23.4 Å². The maximum absolute atomic E-state index is 13.4. The number of hydrogen-bond acceptors (Lipinski definition) is 6. The number of methoxy groups -OCH3 is 1. The molecule has 144 valence electrons. The number of nitrogens with zero attached hydrogens (tertiary/aromatic N) is 3. The number of ether oxygens (including phenoxy) is 1. The van der Waals surface area contributed by atoms with Crippen LogP contribution in [0.4, 0.5) is 5.95 Å². The molecular formula is C20H18ClN3O3S. The number of aromatic nitrogens is 2. The molecule has 1 aromatic heterocycles. The number of halogens is 1. The average molecular weight is 416 g/mol. The van der Waals surface area contributed by atoms with Crippen LogP contribution in [0.2, 0.25) is 5.02 Å². The van der Waals surface area contributed by atoms with Crippen molar-refractivity contribution in [1.82, 2.24) is 9.55 Å². The maximum Gasteiger partial charge on any atom is 0.337 e. The van der Waals surface area contributed by atoms with Crippen LogP contribution in [0.15, 0.2) is 47.3 Å².